The molecule has 2 aliphatic rings. The second-order valence-electron chi connectivity index (χ2n) is 6.31. The topological polar surface area (TPSA) is 36.1 Å². The minimum atomic E-state index is 0.186. The van der Waals surface area contributed by atoms with Gasteiger partial charge in [0.2, 0.25) is 0 Å². The third-order valence-corrected chi connectivity index (χ3v) is 4.99. The summed E-state index contributed by atoms with van der Waals surface area (Å²) >= 11 is 0. The number of nitrogens with zero attached hydrogens (tertiary/aromatic N) is 1. The number of fused-ring (bicyclic) bond motifs is 2. The molecule has 3 nitrogen and oxygen atoms in total. The van der Waals surface area contributed by atoms with Crippen LogP contribution in [0.5, 0.6) is 0 Å². The second-order valence-corrected chi connectivity index (χ2v) is 6.31. The van der Waals surface area contributed by atoms with Gasteiger partial charge in [-0.05, 0) is 36.9 Å². The van der Waals surface area contributed by atoms with E-state index in [1.807, 2.05) is 18.3 Å². The lowest BCUT2D eigenvalue weighted by atomic mass is 9.73. The molecule has 1 N–H and O–H groups in total. The molecule has 4 rings (SSSR count). The van der Waals surface area contributed by atoms with E-state index in [1.54, 1.807) is 0 Å². The summed E-state index contributed by atoms with van der Waals surface area (Å²) in [5.41, 5.74) is 3.41. The van der Waals surface area contributed by atoms with Gasteiger partial charge < -0.3 is 4.98 Å². The number of hydrogen-bond acceptors (Lipinski definition) is 2. The third kappa shape index (κ3) is 2.32. The number of carbonyl (C=O) groups excluding carboxylic acids is 1. The van der Waals surface area contributed by atoms with E-state index in [-0.39, 0.29) is 5.92 Å². The summed E-state index contributed by atoms with van der Waals surface area (Å²) in [5.74, 6) is 1.06. The molecule has 1 saturated heterocycles. The Morgan fingerprint density at radius 3 is 2.90 bits per heavy atom. The minimum Gasteiger partial charge on any atom is -0.364 e. The molecule has 3 heteroatoms. The Kier molecular flexibility index (Phi) is 3.15. The van der Waals surface area contributed by atoms with Gasteiger partial charge in [-0.15, -0.1) is 0 Å². The van der Waals surface area contributed by atoms with Crippen LogP contribution in [0.3, 0.4) is 0 Å². The Bertz CT molecular complexity index is 646. The highest BCUT2D eigenvalue weighted by Crippen LogP contribution is 2.35. The van der Waals surface area contributed by atoms with Gasteiger partial charge in [-0.1, -0.05) is 30.3 Å². The number of likely N-dealkylation sites (tertiary alicyclic amines) is 1. The van der Waals surface area contributed by atoms with Gasteiger partial charge in [0, 0.05) is 36.5 Å². The first-order valence-corrected chi connectivity index (χ1v) is 7.78. The van der Waals surface area contributed by atoms with E-state index in [1.165, 1.54) is 5.56 Å². The molecular weight excluding hydrogens is 260 g/mol. The zero-order chi connectivity index (χ0) is 14.2. The van der Waals surface area contributed by atoms with E-state index >= 15 is 0 Å². The Morgan fingerprint density at radius 2 is 2.05 bits per heavy atom. The van der Waals surface area contributed by atoms with Gasteiger partial charge in [0.25, 0.3) is 0 Å². The van der Waals surface area contributed by atoms with Gasteiger partial charge in [-0.2, -0.15) is 0 Å². The summed E-state index contributed by atoms with van der Waals surface area (Å²) in [6, 6.07) is 12.5. The van der Waals surface area contributed by atoms with Crippen LogP contribution in [0.2, 0.25) is 0 Å². The molecule has 0 saturated carbocycles. The van der Waals surface area contributed by atoms with Crippen LogP contribution >= 0.6 is 0 Å². The van der Waals surface area contributed by atoms with E-state index in [4.69, 9.17) is 0 Å². The van der Waals surface area contributed by atoms with E-state index in [9.17, 15) is 4.79 Å². The average molecular weight is 280 g/mol. The maximum absolute atomic E-state index is 12.7. The van der Waals surface area contributed by atoms with Crippen LogP contribution in [0.1, 0.15) is 28.0 Å². The van der Waals surface area contributed by atoms with E-state index in [0.717, 1.165) is 43.7 Å². The first-order chi connectivity index (χ1) is 10.3. The molecule has 2 aromatic rings. The highest BCUT2D eigenvalue weighted by Gasteiger charge is 2.39. The quantitative estimate of drug-likeness (QED) is 0.918. The van der Waals surface area contributed by atoms with Crippen LogP contribution in [0, 0.1) is 11.8 Å². The number of hydrogen-bond donors (Lipinski definition) is 1. The SMILES string of the molecule is O=C1c2cc[nH]c2CC2CCN(Cc3ccccc3)CC12. The van der Waals surface area contributed by atoms with E-state index in [0.29, 0.717) is 11.7 Å². The molecule has 1 aliphatic heterocycles. The second kappa shape index (κ2) is 5.15. The van der Waals surface area contributed by atoms with Crippen molar-refractivity contribution in [2.75, 3.05) is 13.1 Å². The summed E-state index contributed by atoms with van der Waals surface area (Å²) < 4.78 is 0. The van der Waals surface area contributed by atoms with Crippen LogP contribution in [0.4, 0.5) is 0 Å². The zero-order valence-corrected chi connectivity index (χ0v) is 12.1. The molecule has 1 aromatic carbocycles. The van der Waals surface area contributed by atoms with Crippen molar-refractivity contribution in [1.29, 1.82) is 0 Å². The number of nitrogens with one attached hydrogen (secondary N) is 1. The molecule has 0 spiro atoms. The molecule has 2 unspecified atom stereocenters. The first kappa shape index (κ1) is 12.8. The summed E-state index contributed by atoms with van der Waals surface area (Å²) in [4.78, 5) is 18.3. The van der Waals surface area contributed by atoms with Crippen molar-refractivity contribution in [1.82, 2.24) is 9.88 Å². The number of benzene rings is 1. The van der Waals surface area contributed by atoms with Gasteiger partial charge >= 0.3 is 0 Å². The maximum atomic E-state index is 12.7. The van der Waals surface area contributed by atoms with Crippen molar-refractivity contribution in [3.05, 3.63) is 59.4 Å². The lowest BCUT2D eigenvalue weighted by Gasteiger charge is -2.40. The lowest BCUT2D eigenvalue weighted by Crippen LogP contribution is -2.46. The van der Waals surface area contributed by atoms with Crippen LogP contribution in [0.25, 0.3) is 0 Å². The normalized spacial score (nSPS) is 25.4. The molecule has 0 amide bonds. The molecule has 21 heavy (non-hydrogen) atoms. The number of aromatic amines is 1. The molecule has 2 atom stereocenters. The third-order valence-electron chi connectivity index (χ3n) is 4.99. The Balaban J connectivity index is 1.51. The van der Waals surface area contributed by atoms with Crippen LogP contribution in [-0.4, -0.2) is 28.8 Å². The summed E-state index contributed by atoms with van der Waals surface area (Å²) in [6.45, 7) is 2.96. The van der Waals surface area contributed by atoms with Crippen LogP contribution < -0.4 is 0 Å². The van der Waals surface area contributed by atoms with Gasteiger partial charge in [0.1, 0.15) is 0 Å². The minimum absolute atomic E-state index is 0.186. The predicted octanol–water partition coefficient (Wildman–Crippen LogP) is 2.89. The standard InChI is InChI=1S/C18H20N2O/c21-18-15-6-8-19-17(15)10-14-7-9-20(12-16(14)18)11-13-4-2-1-3-5-13/h1-6,8,14,16,19H,7,9-12H2. The average Bonchev–Trinajstić information content (AvgIpc) is 2.98. The van der Waals surface area contributed by atoms with E-state index in [2.05, 4.69) is 34.1 Å². The number of aromatic nitrogens is 1. The predicted molar refractivity (Wildman–Crippen MR) is 82.1 cm³/mol. The highest BCUT2D eigenvalue weighted by atomic mass is 16.1. The smallest absolute Gasteiger partial charge is 0.169 e. The Hall–Kier alpha value is -1.87. The molecule has 0 bridgehead atoms. The zero-order valence-electron chi connectivity index (χ0n) is 12.1. The fraction of sp³-hybridized carbons (Fsp3) is 0.389. The summed E-state index contributed by atoms with van der Waals surface area (Å²) in [7, 11) is 0. The summed E-state index contributed by atoms with van der Waals surface area (Å²) in [6.07, 6.45) is 4.07. The van der Waals surface area contributed by atoms with Gasteiger partial charge in [0.15, 0.2) is 5.78 Å². The number of Topliss-reactive ketones (excluding diaryl/α,β-unsaturated/α-hetero) is 1. The fourth-order valence-corrected chi connectivity index (χ4v) is 3.86. The molecule has 1 fully saturated rings. The lowest BCUT2D eigenvalue weighted by molar-refractivity contribution is 0.0645. The molecule has 1 aliphatic carbocycles. The molecular formula is C18H20N2O. The van der Waals surface area contributed by atoms with Crippen molar-refractivity contribution >= 4 is 5.78 Å². The largest absolute Gasteiger partial charge is 0.364 e. The number of ketones is 1. The van der Waals surface area contributed by atoms with Crippen molar-refractivity contribution in [3.8, 4) is 0 Å². The van der Waals surface area contributed by atoms with Crippen molar-refractivity contribution in [3.63, 3.8) is 0 Å². The molecule has 108 valence electrons. The number of piperidine rings is 1. The van der Waals surface area contributed by atoms with Crippen molar-refractivity contribution < 1.29 is 4.79 Å². The molecule has 2 heterocycles. The molecule has 1 aromatic heterocycles. The van der Waals surface area contributed by atoms with Gasteiger partial charge in [-0.3, -0.25) is 9.69 Å². The Labute approximate surface area is 125 Å². The van der Waals surface area contributed by atoms with Crippen LogP contribution in [-0.2, 0) is 13.0 Å². The number of H-pyrrole nitrogens is 1. The summed E-state index contributed by atoms with van der Waals surface area (Å²) in [5, 5.41) is 0. The number of rotatable bonds is 2. The highest BCUT2D eigenvalue weighted by molar-refractivity contribution is 6.00. The Morgan fingerprint density at radius 1 is 1.19 bits per heavy atom. The van der Waals surface area contributed by atoms with Gasteiger partial charge in [0.05, 0.1) is 0 Å². The fourth-order valence-electron chi connectivity index (χ4n) is 3.86. The first-order valence-electron chi connectivity index (χ1n) is 7.78. The van der Waals surface area contributed by atoms with Gasteiger partial charge in [-0.25, -0.2) is 0 Å². The monoisotopic (exact) mass is 280 g/mol. The maximum Gasteiger partial charge on any atom is 0.169 e. The number of carbonyl (C=O) groups is 1. The van der Waals surface area contributed by atoms with E-state index < -0.39 is 0 Å². The van der Waals surface area contributed by atoms with Crippen LogP contribution in [0.15, 0.2) is 42.6 Å². The van der Waals surface area contributed by atoms with Crippen molar-refractivity contribution in [2.24, 2.45) is 11.8 Å². The molecule has 0 radical (unpaired) electrons. The van der Waals surface area contributed by atoms with Crippen molar-refractivity contribution in [2.45, 2.75) is 19.4 Å².